The number of likely N-dealkylation sites (tertiary alicyclic amines) is 1. The van der Waals surface area contributed by atoms with Crippen molar-refractivity contribution in [1.82, 2.24) is 9.47 Å². The van der Waals surface area contributed by atoms with Gasteiger partial charge in [0, 0.05) is 24.3 Å². The summed E-state index contributed by atoms with van der Waals surface area (Å²) in [4.78, 5) is 26.4. The molecular weight excluding hydrogens is 292 g/mol. The van der Waals surface area contributed by atoms with Crippen molar-refractivity contribution in [2.24, 2.45) is 0 Å². The Kier molecular flexibility index (Phi) is 4.37. The van der Waals surface area contributed by atoms with Gasteiger partial charge in [-0.25, -0.2) is 0 Å². The van der Waals surface area contributed by atoms with Crippen molar-refractivity contribution in [2.45, 2.75) is 51.7 Å². The van der Waals surface area contributed by atoms with E-state index in [1.807, 2.05) is 4.90 Å². The summed E-state index contributed by atoms with van der Waals surface area (Å²) in [6, 6.07) is 9.04. The standard InChI is InChI=1S/C18H22N2O3/c1-3-14-8-7-13(2)20(14)18(22)16-10-9-15(23-16)12-19-11-5-4-6-17(19)21/h4-6,9-11,13-14H,3,7-8,12H2,1-2H3/t13-,14+/m1/s1. The number of pyridine rings is 1. The average molecular weight is 314 g/mol. The van der Waals surface area contributed by atoms with E-state index < -0.39 is 0 Å². The zero-order chi connectivity index (χ0) is 16.4. The molecule has 122 valence electrons. The summed E-state index contributed by atoms with van der Waals surface area (Å²) in [7, 11) is 0. The first-order valence-electron chi connectivity index (χ1n) is 8.17. The van der Waals surface area contributed by atoms with E-state index in [-0.39, 0.29) is 17.5 Å². The third kappa shape index (κ3) is 3.09. The second kappa shape index (κ2) is 6.44. The number of aromatic nitrogens is 1. The molecule has 1 fully saturated rings. The van der Waals surface area contributed by atoms with Crippen molar-refractivity contribution < 1.29 is 9.21 Å². The van der Waals surface area contributed by atoms with E-state index in [1.54, 1.807) is 35.0 Å². The fraction of sp³-hybridized carbons (Fsp3) is 0.444. The summed E-state index contributed by atoms with van der Waals surface area (Å²) in [6.45, 7) is 4.53. The van der Waals surface area contributed by atoms with Crippen LogP contribution in [0.25, 0.3) is 0 Å². The number of furan rings is 1. The van der Waals surface area contributed by atoms with Crippen LogP contribution in [0.4, 0.5) is 0 Å². The molecule has 0 N–H and O–H groups in total. The molecule has 0 unspecified atom stereocenters. The third-order valence-corrected chi connectivity index (χ3v) is 4.59. The summed E-state index contributed by atoms with van der Waals surface area (Å²) in [5.74, 6) is 0.922. The van der Waals surface area contributed by atoms with E-state index in [1.165, 1.54) is 6.07 Å². The molecule has 2 aromatic heterocycles. The molecule has 3 heterocycles. The Balaban J connectivity index is 1.78. The Labute approximate surface area is 135 Å². The number of hydrogen-bond donors (Lipinski definition) is 0. The molecule has 23 heavy (non-hydrogen) atoms. The fourth-order valence-electron chi connectivity index (χ4n) is 3.30. The minimum atomic E-state index is -0.0870. The maximum atomic E-state index is 12.7. The van der Waals surface area contributed by atoms with Gasteiger partial charge >= 0.3 is 0 Å². The third-order valence-electron chi connectivity index (χ3n) is 4.59. The molecule has 1 amide bonds. The lowest BCUT2D eigenvalue weighted by atomic mass is 10.1. The van der Waals surface area contributed by atoms with Gasteiger partial charge in [-0.3, -0.25) is 9.59 Å². The quantitative estimate of drug-likeness (QED) is 0.872. The molecule has 3 rings (SSSR count). The monoisotopic (exact) mass is 314 g/mol. The van der Waals surface area contributed by atoms with Crippen LogP contribution in [0.2, 0.25) is 0 Å². The van der Waals surface area contributed by atoms with Crippen LogP contribution in [0.15, 0.2) is 45.7 Å². The smallest absolute Gasteiger partial charge is 0.290 e. The molecule has 0 radical (unpaired) electrons. The molecule has 1 aliphatic rings. The Morgan fingerprint density at radius 3 is 2.83 bits per heavy atom. The van der Waals surface area contributed by atoms with Gasteiger partial charge in [0.25, 0.3) is 11.5 Å². The minimum absolute atomic E-state index is 0.0477. The van der Waals surface area contributed by atoms with E-state index in [2.05, 4.69) is 13.8 Å². The number of amides is 1. The number of carbonyl (C=O) groups excluding carboxylic acids is 1. The number of hydrogen-bond acceptors (Lipinski definition) is 3. The predicted octanol–water partition coefficient (Wildman–Crippen LogP) is 2.89. The molecule has 5 heteroatoms. The molecular formula is C18H22N2O3. The molecule has 0 spiro atoms. The van der Waals surface area contributed by atoms with Crippen molar-refractivity contribution in [3.63, 3.8) is 0 Å². The molecule has 2 aromatic rings. The van der Waals surface area contributed by atoms with E-state index in [4.69, 9.17) is 4.42 Å². The maximum absolute atomic E-state index is 12.7. The lowest BCUT2D eigenvalue weighted by Gasteiger charge is -2.26. The molecule has 2 atom stereocenters. The summed E-state index contributed by atoms with van der Waals surface area (Å²) < 4.78 is 7.26. The Bertz CT molecular complexity index is 746. The molecule has 0 aliphatic carbocycles. The molecule has 0 bridgehead atoms. The van der Waals surface area contributed by atoms with Crippen molar-refractivity contribution in [3.8, 4) is 0 Å². The van der Waals surface area contributed by atoms with Gasteiger partial charge in [-0.05, 0) is 44.4 Å². The highest BCUT2D eigenvalue weighted by molar-refractivity contribution is 5.92. The second-order valence-electron chi connectivity index (χ2n) is 6.13. The average Bonchev–Trinajstić information content (AvgIpc) is 3.15. The van der Waals surface area contributed by atoms with Crippen molar-refractivity contribution >= 4 is 5.91 Å². The van der Waals surface area contributed by atoms with E-state index >= 15 is 0 Å². The van der Waals surface area contributed by atoms with E-state index in [0.29, 0.717) is 24.1 Å². The highest BCUT2D eigenvalue weighted by Crippen LogP contribution is 2.28. The van der Waals surface area contributed by atoms with Crippen molar-refractivity contribution in [2.75, 3.05) is 0 Å². The zero-order valence-corrected chi connectivity index (χ0v) is 13.6. The number of carbonyl (C=O) groups is 1. The SMILES string of the molecule is CC[C@H]1CC[C@@H](C)N1C(=O)c1ccc(Cn2ccccc2=O)o1. The van der Waals surface area contributed by atoms with Crippen LogP contribution < -0.4 is 5.56 Å². The van der Waals surface area contributed by atoms with Gasteiger partial charge in [0.1, 0.15) is 5.76 Å². The van der Waals surface area contributed by atoms with Gasteiger partial charge in [-0.15, -0.1) is 0 Å². The van der Waals surface area contributed by atoms with Crippen molar-refractivity contribution in [1.29, 1.82) is 0 Å². The first kappa shape index (κ1) is 15.6. The summed E-state index contributed by atoms with van der Waals surface area (Å²) in [6.07, 6.45) is 4.76. The zero-order valence-electron chi connectivity index (χ0n) is 13.6. The lowest BCUT2D eigenvalue weighted by molar-refractivity contribution is 0.0641. The summed E-state index contributed by atoms with van der Waals surface area (Å²) in [5, 5.41) is 0. The minimum Gasteiger partial charge on any atom is -0.454 e. The van der Waals surface area contributed by atoms with Gasteiger partial charge in [0.15, 0.2) is 5.76 Å². The highest BCUT2D eigenvalue weighted by Gasteiger charge is 2.34. The first-order valence-corrected chi connectivity index (χ1v) is 8.17. The molecule has 1 aliphatic heterocycles. The molecule has 1 saturated heterocycles. The maximum Gasteiger partial charge on any atom is 0.290 e. The molecule has 5 nitrogen and oxygen atoms in total. The normalized spacial score (nSPS) is 20.9. The largest absolute Gasteiger partial charge is 0.454 e. The number of nitrogens with zero attached hydrogens (tertiary/aromatic N) is 2. The summed E-state index contributed by atoms with van der Waals surface area (Å²) in [5.41, 5.74) is -0.0870. The van der Waals surface area contributed by atoms with Gasteiger partial charge in [-0.1, -0.05) is 13.0 Å². The van der Waals surface area contributed by atoms with Gasteiger partial charge in [0.2, 0.25) is 0 Å². The van der Waals surface area contributed by atoms with Crippen LogP contribution in [0.1, 0.15) is 49.4 Å². The molecule has 0 aromatic carbocycles. The van der Waals surface area contributed by atoms with Crippen LogP contribution in [0.3, 0.4) is 0 Å². The predicted molar refractivity (Wildman–Crippen MR) is 87.5 cm³/mol. The Hall–Kier alpha value is -2.30. The van der Waals surface area contributed by atoms with Gasteiger partial charge < -0.3 is 13.9 Å². The lowest BCUT2D eigenvalue weighted by Crippen LogP contribution is -2.39. The van der Waals surface area contributed by atoms with Gasteiger partial charge in [0.05, 0.1) is 6.54 Å². The van der Waals surface area contributed by atoms with Crippen LogP contribution in [-0.2, 0) is 6.54 Å². The topological polar surface area (TPSA) is 55.5 Å². The Morgan fingerprint density at radius 1 is 1.26 bits per heavy atom. The first-order chi connectivity index (χ1) is 11.1. The second-order valence-corrected chi connectivity index (χ2v) is 6.13. The van der Waals surface area contributed by atoms with Gasteiger partial charge in [-0.2, -0.15) is 0 Å². The van der Waals surface area contributed by atoms with E-state index in [9.17, 15) is 9.59 Å². The fourth-order valence-corrected chi connectivity index (χ4v) is 3.30. The highest BCUT2D eigenvalue weighted by atomic mass is 16.4. The van der Waals surface area contributed by atoms with E-state index in [0.717, 1.165) is 19.3 Å². The van der Waals surface area contributed by atoms with Crippen LogP contribution in [0, 0.1) is 0 Å². The number of rotatable bonds is 4. The molecule has 0 saturated carbocycles. The van der Waals surface area contributed by atoms with Crippen LogP contribution in [-0.4, -0.2) is 27.5 Å². The van der Waals surface area contributed by atoms with Crippen molar-refractivity contribution in [3.05, 3.63) is 58.4 Å². The Morgan fingerprint density at radius 2 is 2.09 bits per heavy atom. The van der Waals surface area contributed by atoms with Crippen LogP contribution >= 0.6 is 0 Å². The van der Waals surface area contributed by atoms with Crippen LogP contribution in [0.5, 0.6) is 0 Å². The summed E-state index contributed by atoms with van der Waals surface area (Å²) >= 11 is 0.